The smallest absolute Gasteiger partial charge is 0.257 e. The van der Waals surface area contributed by atoms with Crippen LogP contribution >= 0.6 is 11.3 Å². The molecule has 1 N–H and O–H groups in total. The summed E-state index contributed by atoms with van der Waals surface area (Å²) < 4.78 is 11.3. The Morgan fingerprint density at radius 1 is 1.09 bits per heavy atom. The van der Waals surface area contributed by atoms with E-state index in [1.54, 1.807) is 12.1 Å². The van der Waals surface area contributed by atoms with Crippen LogP contribution in [0, 0.1) is 0 Å². The number of benzene rings is 2. The molecule has 1 atom stereocenters. The van der Waals surface area contributed by atoms with Gasteiger partial charge in [-0.25, -0.2) is 4.98 Å². The van der Waals surface area contributed by atoms with Crippen LogP contribution in [-0.4, -0.2) is 41.5 Å². The van der Waals surface area contributed by atoms with Crippen molar-refractivity contribution in [2.75, 3.05) is 25.1 Å². The number of aromatic nitrogens is 1. The van der Waals surface area contributed by atoms with Crippen molar-refractivity contribution in [3.05, 3.63) is 70.7 Å². The molecule has 2 amide bonds. The zero-order chi connectivity index (χ0) is 21.9. The van der Waals surface area contributed by atoms with E-state index in [4.69, 9.17) is 9.47 Å². The Kier molecular flexibility index (Phi) is 5.77. The van der Waals surface area contributed by atoms with Crippen molar-refractivity contribution < 1.29 is 19.1 Å². The SMILES string of the molecule is O=C(Nc1nc(CC(=O)N2CCCC2c2ccc3c(c2)OCCO3)cs1)c1ccccc1. The van der Waals surface area contributed by atoms with Gasteiger partial charge in [-0.15, -0.1) is 11.3 Å². The van der Waals surface area contributed by atoms with E-state index in [0.29, 0.717) is 29.6 Å². The normalized spacial score (nSPS) is 17.2. The van der Waals surface area contributed by atoms with E-state index in [-0.39, 0.29) is 24.3 Å². The molecule has 1 aromatic heterocycles. The highest BCUT2D eigenvalue weighted by Crippen LogP contribution is 2.38. The van der Waals surface area contributed by atoms with E-state index in [2.05, 4.69) is 10.3 Å². The Morgan fingerprint density at radius 2 is 1.91 bits per heavy atom. The van der Waals surface area contributed by atoms with E-state index in [1.165, 1.54) is 11.3 Å². The van der Waals surface area contributed by atoms with E-state index in [9.17, 15) is 9.59 Å². The van der Waals surface area contributed by atoms with Crippen LogP contribution in [0.4, 0.5) is 5.13 Å². The predicted octanol–water partition coefficient (Wildman–Crippen LogP) is 4.07. The number of anilines is 1. The predicted molar refractivity (Wildman–Crippen MR) is 121 cm³/mol. The number of thiazole rings is 1. The second kappa shape index (κ2) is 9.00. The van der Waals surface area contributed by atoms with E-state index in [1.807, 2.05) is 46.7 Å². The van der Waals surface area contributed by atoms with Crippen LogP contribution in [0.2, 0.25) is 0 Å². The number of nitrogens with zero attached hydrogens (tertiary/aromatic N) is 2. The molecule has 32 heavy (non-hydrogen) atoms. The molecular weight excluding hydrogens is 426 g/mol. The summed E-state index contributed by atoms with van der Waals surface area (Å²) in [5.74, 6) is 1.32. The van der Waals surface area contributed by atoms with Crippen LogP contribution < -0.4 is 14.8 Å². The van der Waals surface area contributed by atoms with Crippen LogP contribution in [0.3, 0.4) is 0 Å². The number of nitrogens with one attached hydrogen (secondary N) is 1. The summed E-state index contributed by atoms with van der Waals surface area (Å²) in [7, 11) is 0. The number of hydrogen-bond donors (Lipinski definition) is 1. The van der Waals surface area contributed by atoms with Crippen LogP contribution in [0.5, 0.6) is 11.5 Å². The van der Waals surface area contributed by atoms with Gasteiger partial charge < -0.3 is 14.4 Å². The Labute approximate surface area is 190 Å². The largest absolute Gasteiger partial charge is 0.486 e. The first kappa shape index (κ1) is 20.5. The maximum absolute atomic E-state index is 13.1. The lowest BCUT2D eigenvalue weighted by atomic mass is 10.0. The van der Waals surface area contributed by atoms with Gasteiger partial charge in [0, 0.05) is 17.5 Å². The fraction of sp³-hybridized carbons (Fsp3) is 0.292. The molecule has 1 saturated heterocycles. The molecule has 2 aliphatic rings. The molecule has 5 rings (SSSR count). The molecule has 3 heterocycles. The lowest BCUT2D eigenvalue weighted by Gasteiger charge is -2.26. The van der Waals surface area contributed by atoms with Crippen molar-refractivity contribution in [2.45, 2.75) is 25.3 Å². The summed E-state index contributed by atoms with van der Waals surface area (Å²) in [4.78, 5) is 31.8. The molecule has 3 aromatic rings. The number of carbonyl (C=O) groups is 2. The van der Waals surface area contributed by atoms with Gasteiger partial charge in [0.25, 0.3) is 5.91 Å². The second-order valence-electron chi connectivity index (χ2n) is 7.79. The highest BCUT2D eigenvalue weighted by Gasteiger charge is 2.31. The highest BCUT2D eigenvalue weighted by molar-refractivity contribution is 7.14. The van der Waals surface area contributed by atoms with Gasteiger partial charge in [0.05, 0.1) is 18.2 Å². The summed E-state index contributed by atoms with van der Waals surface area (Å²) in [6.07, 6.45) is 2.08. The van der Waals surface area contributed by atoms with Gasteiger partial charge in [0.15, 0.2) is 16.6 Å². The molecule has 2 aromatic carbocycles. The molecule has 164 valence electrons. The molecule has 0 radical (unpaired) electrons. The van der Waals surface area contributed by atoms with Gasteiger partial charge in [0.1, 0.15) is 13.2 Å². The summed E-state index contributed by atoms with van der Waals surface area (Å²) >= 11 is 1.33. The Morgan fingerprint density at radius 3 is 2.75 bits per heavy atom. The van der Waals surface area contributed by atoms with Gasteiger partial charge in [-0.3, -0.25) is 14.9 Å². The lowest BCUT2D eigenvalue weighted by molar-refractivity contribution is -0.131. The van der Waals surface area contributed by atoms with Crippen LogP contribution in [0.1, 0.15) is 40.5 Å². The number of carbonyl (C=O) groups excluding carboxylic acids is 2. The topological polar surface area (TPSA) is 80.8 Å². The first-order valence-electron chi connectivity index (χ1n) is 10.7. The molecule has 0 aliphatic carbocycles. The van der Waals surface area contributed by atoms with Gasteiger partial charge >= 0.3 is 0 Å². The molecule has 8 heteroatoms. The van der Waals surface area contributed by atoms with Gasteiger partial charge in [0.2, 0.25) is 5.91 Å². The highest BCUT2D eigenvalue weighted by atomic mass is 32.1. The third-order valence-electron chi connectivity index (χ3n) is 5.66. The zero-order valence-corrected chi connectivity index (χ0v) is 18.3. The van der Waals surface area contributed by atoms with Crippen LogP contribution in [0.15, 0.2) is 53.9 Å². The third kappa shape index (κ3) is 4.31. The number of fused-ring (bicyclic) bond motifs is 1. The third-order valence-corrected chi connectivity index (χ3v) is 6.47. The number of amides is 2. The first-order chi connectivity index (χ1) is 15.7. The Hall–Kier alpha value is -3.39. The van der Waals surface area contributed by atoms with Crippen molar-refractivity contribution in [3.8, 4) is 11.5 Å². The molecule has 1 fully saturated rings. The maximum atomic E-state index is 13.1. The molecule has 0 spiro atoms. The van der Waals surface area contributed by atoms with Gasteiger partial charge in [-0.05, 0) is 42.7 Å². The summed E-state index contributed by atoms with van der Waals surface area (Å²) in [5, 5.41) is 5.12. The van der Waals surface area contributed by atoms with Crippen LogP contribution in [-0.2, 0) is 11.2 Å². The number of hydrogen-bond acceptors (Lipinski definition) is 6. The molecular formula is C24H23N3O4S. The Balaban J connectivity index is 1.24. The average Bonchev–Trinajstić information content (AvgIpc) is 3.49. The Bertz CT molecular complexity index is 1130. The number of likely N-dealkylation sites (tertiary alicyclic amines) is 1. The van der Waals surface area contributed by atoms with E-state index < -0.39 is 0 Å². The molecule has 0 bridgehead atoms. The van der Waals surface area contributed by atoms with Gasteiger partial charge in [-0.2, -0.15) is 0 Å². The van der Waals surface area contributed by atoms with Crippen molar-refractivity contribution >= 4 is 28.3 Å². The van der Waals surface area contributed by atoms with Crippen LogP contribution in [0.25, 0.3) is 0 Å². The fourth-order valence-corrected chi connectivity index (χ4v) is 4.85. The molecule has 1 unspecified atom stereocenters. The molecule has 7 nitrogen and oxygen atoms in total. The quantitative estimate of drug-likeness (QED) is 0.635. The summed E-state index contributed by atoms with van der Waals surface area (Å²) in [6, 6.07) is 14.9. The lowest BCUT2D eigenvalue weighted by Crippen LogP contribution is -2.32. The van der Waals surface area contributed by atoms with Crippen molar-refractivity contribution in [3.63, 3.8) is 0 Å². The standard InChI is InChI=1S/C24H23N3O4S/c28-22(14-18-15-32-24(25-18)26-23(29)16-5-2-1-3-6-16)27-10-4-7-19(27)17-8-9-20-21(13-17)31-12-11-30-20/h1-3,5-6,8-9,13,15,19H,4,7,10-12,14H2,(H,25,26,29). The van der Waals surface area contributed by atoms with Gasteiger partial charge in [-0.1, -0.05) is 24.3 Å². The minimum absolute atomic E-state index is 0.0224. The monoisotopic (exact) mass is 449 g/mol. The minimum Gasteiger partial charge on any atom is -0.486 e. The number of rotatable bonds is 5. The maximum Gasteiger partial charge on any atom is 0.257 e. The minimum atomic E-state index is -0.212. The molecule has 2 aliphatic heterocycles. The fourth-order valence-electron chi connectivity index (χ4n) is 4.14. The second-order valence-corrected chi connectivity index (χ2v) is 8.65. The van der Waals surface area contributed by atoms with Crippen molar-refractivity contribution in [2.24, 2.45) is 0 Å². The van der Waals surface area contributed by atoms with Crippen molar-refractivity contribution in [1.29, 1.82) is 0 Å². The average molecular weight is 450 g/mol. The summed E-state index contributed by atoms with van der Waals surface area (Å²) in [5.41, 5.74) is 2.30. The number of ether oxygens (including phenoxy) is 2. The first-order valence-corrected chi connectivity index (χ1v) is 11.5. The van der Waals surface area contributed by atoms with E-state index >= 15 is 0 Å². The summed E-state index contributed by atoms with van der Waals surface area (Å²) in [6.45, 7) is 1.82. The zero-order valence-electron chi connectivity index (χ0n) is 17.5. The van der Waals surface area contributed by atoms with E-state index in [0.717, 1.165) is 36.4 Å². The van der Waals surface area contributed by atoms with Crippen molar-refractivity contribution in [1.82, 2.24) is 9.88 Å². The molecule has 0 saturated carbocycles.